The molecule has 1 aromatic carbocycles. The van der Waals surface area contributed by atoms with Gasteiger partial charge in [-0.15, -0.1) is 0 Å². The van der Waals surface area contributed by atoms with E-state index in [0.717, 1.165) is 18.4 Å². The Bertz CT molecular complexity index is 523. The molecule has 5 heteroatoms. The van der Waals surface area contributed by atoms with Crippen molar-refractivity contribution in [1.29, 1.82) is 0 Å². The van der Waals surface area contributed by atoms with Crippen molar-refractivity contribution in [3.05, 3.63) is 29.8 Å². The molecule has 0 spiro atoms. The molecule has 0 unspecified atom stereocenters. The second kappa shape index (κ2) is 8.79. The number of methoxy groups -OCH3 is 1. The van der Waals surface area contributed by atoms with E-state index >= 15 is 0 Å². The highest BCUT2D eigenvalue weighted by atomic mass is 16.6. The van der Waals surface area contributed by atoms with E-state index in [2.05, 4.69) is 12.2 Å². The lowest BCUT2D eigenvalue weighted by Gasteiger charge is -2.08. The quantitative estimate of drug-likeness (QED) is 0.363. The average Bonchev–Trinajstić information content (AvgIpc) is 2.46. The van der Waals surface area contributed by atoms with Gasteiger partial charge < -0.3 is 14.8 Å². The number of hydrogen-bond donors (Lipinski definition) is 1. The van der Waals surface area contributed by atoms with Crippen LogP contribution in [0.1, 0.15) is 32.3 Å². The molecule has 0 heterocycles. The van der Waals surface area contributed by atoms with Crippen molar-refractivity contribution in [3.8, 4) is 11.5 Å². The van der Waals surface area contributed by atoms with Crippen LogP contribution in [0.25, 0.3) is 6.08 Å². The summed E-state index contributed by atoms with van der Waals surface area (Å²) in [6, 6.07) is 5.08. The van der Waals surface area contributed by atoms with E-state index in [9.17, 15) is 9.59 Å². The Morgan fingerprint density at radius 2 is 2.05 bits per heavy atom. The van der Waals surface area contributed by atoms with Gasteiger partial charge in [-0.2, -0.15) is 0 Å². The van der Waals surface area contributed by atoms with Crippen LogP contribution < -0.4 is 14.8 Å². The van der Waals surface area contributed by atoms with Gasteiger partial charge in [0.25, 0.3) is 0 Å². The van der Waals surface area contributed by atoms with Crippen LogP contribution >= 0.6 is 0 Å². The summed E-state index contributed by atoms with van der Waals surface area (Å²) in [4.78, 5) is 22.5. The van der Waals surface area contributed by atoms with Crippen LogP contribution in [0.2, 0.25) is 0 Å². The van der Waals surface area contributed by atoms with E-state index in [0.29, 0.717) is 18.0 Å². The van der Waals surface area contributed by atoms with Gasteiger partial charge in [-0.3, -0.25) is 9.59 Å². The fraction of sp³-hybridized carbons (Fsp3) is 0.375. The third kappa shape index (κ3) is 6.12. The molecule has 21 heavy (non-hydrogen) atoms. The second-order valence-electron chi connectivity index (χ2n) is 4.48. The smallest absolute Gasteiger partial charge is 0.308 e. The van der Waals surface area contributed by atoms with Gasteiger partial charge in [0.1, 0.15) is 0 Å². The minimum Gasteiger partial charge on any atom is -0.493 e. The van der Waals surface area contributed by atoms with E-state index < -0.39 is 5.97 Å². The number of rotatable bonds is 7. The average molecular weight is 291 g/mol. The van der Waals surface area contributed by atoms with Crippen molar-refractivity contribution in [2.75, 3.05) is 13.7 Å². The maximum absolute atomic E-state index is 11.6. The fourth-order valence-corrected chi connectivity index (χ4v) is 1.65. The van der Waals surface area contributed by atoms with Crippen molar-refractivity contribution in [2.45, 2.75) is 26.7 Å². The predicted octanol–water partition coefficient (Wildman–Crippen LogP) is 2.55. The molecule has 0 atom stereocenters. The zero-order chi connectivity index (χ0) is 15.7. The lowest BCUT2D eigenvalue weighted by atomic mass is 10.2. The summed E-state index contributed by atoms with van der Waals surface area (Å²) in [5.41, 5.74) is 0.786. The van der Waals surface area contributed by atoms with E-state index in [1.165, 1.54) is 20.1 Å². The largest absolute Gasteiger partial charge is 0.493 e. The van der Waals surface area contributed by atoms with Crippen LogP contribution in [0.4, 0.5) is 0 Å². The van der Waals surface area contributed by atoms with Crippen molar-refractivity contribution in [1.82, 2.24) is 5.32 Å². The highest BCUT2D eigenvalue weighted by Gasteiger charge is 2.07. The number of unbranched alkanes of at least 4 members (excludes halogenated alkanes) is 1. The number of hydrogen-bond acceptors (Lipinski definition) is 4. The number of carbonyl (C=O) groups excluding carboxylic acids is 2. The lowest BCUT2D eigenvalue weighted by molar-refractivity contribution is -0.132. The van der Waals surface area contributed by atoms with Crippen LogP contribution in [0.3, 0.4) is 0 Å². The number of carbonyl (C=O) groups is 2. The van der Waals surface area contributed by atoms with E-state index in [1.807, 2.05) is 0 Å². The summed E-state index contributed by atoms with van der Waals surface area (Å²) >= 11 is 0. The Morgan fingerprint density at radius 1 is 1.29 bits per heavy atom. The summed E-state index contributed by atoms with van der Waals surface area (Å²) in [5.74, 6) is 0.256. The van der Waals surface area contributed by atoms with Crippen LogP contribution in [0.5, 0.6) is 11.5 Å². The van der Waals surface area contributed by atoms with Crippen molar-refractivity contribution >= 4 is 18.0 Å². The molecule has 1 amide bonds. The number of nitrogens with one attached hydrogen (secondary N) is 1. The Kier molecular flexibility index (Phi) is 7.01. The molecule has 1 aromatic rings. The molecule has 0 radical (unpaired) electrons. The normalized spacial score (nSPS) is 10.4. The Morgan fingerprint density at radius 3 is 2.67 bits per heavy atom. The molecule has 0 aliphatic carbocycles. The zero-order valence-corrected chi connectivity index (χ0v) is 12.6. The topological polar surface area (TPSA) is 64.6 Å². The van der Waals surface area contributed by atoms with Gasteiger partial charge in [0, 0.05) is 19.5 Å². The first-order chi connectivity index (χ1) is 10.1. The first kappa shape index (κ1) is 16.8. The van der Waals surface area contributed by atoms with Crippen molar-refractivity contribution < 1.29 is 19.1 Å². The van der Waals surface area contributed by atoms with Gasteiger partial charge >= 0.3 is 5.97 Å². The van der Waals surface area contributed by atoms with Gasteiger partial charge in [0.15, 0.2) is 11.5 Å². The first-order valence-electron chi connectivity index (χ1n) is 6.89. The minimum atomic E-state index is -0.410. The molecule has 0 aromatic heterocycles. The molecule has 0 fully saturated rings. The first-order valence-corrected chi connectivity index (χ1v) is 6.89. The molecule has 0 saturated carbocycles. The standard InChI is InChI=1S/C16H21NO4/c1-4-5-10-17-16(19)9-7-13-6-8-14(21-12(2)18)15(11-13)20-3/h6-9,11H,4-5,10H2,1-3H3,(H,17,19)/b9-7+. The molecule has 0 aliphatic heterocycles. The van der Waals surface area contributed by atoms with Gasteiger partial charge in [0.2, 0.25) is 5.91 Å². The zero-order valence-electron chi connectivity index (χ0n) is 12.6. The molecule has 0 bridgehead atoms. The van der Waals surface area contributed by atoms with Crippen LogP contribution in [0.15, 0.2) is 24.3 Å². The number of benzene rings is 1. The van der Waals surface area contributed by atoms with Gasteiger partial charge in [0.05, 0.1) is 7.11 Å². The van der Waals surface area contributed by atoms with Gasteiger partial charge in [-0.1, -0.05) is 19.4 Å². The lowest BCUT2D eigenvalue weighted by Crippen LogP contribution is -2.21. The molecular formula is C16H21NO4. The molecule has 5 nitrogen and oxygen atoms in total. The van der Waals surface area contributed by atoms with Crippen LogP contribution in [-0.4, -0.2) is 25.5 Å². The molecule has 0 aliphatic rings. The Hall–Kier alpha value is -2.30. The van der Waals surface area contributed by atoms with Crippen molar-refractivity contribution in [2.24, 2.45) is 0 Å². The minimum absolute atomic E-state index is 0.133. The van der Waals surface area contributed by atoms with Crippen LogP contribution in [-0.2, 0) is 9.59 Å². The molecule has 1 N–H and O–H groups in total. The third-order valence-electron chi connectivity index (χ3n) is 2.70. The van der Waals surface area contributed by atoms with Gasteiger partial charge in [-0.25, -0.2) is 0 Å². The molecule has 0 saturated heterocycles. The Labute approximate surface area is 124 Å². The summed E-state index contributed by atoms with van der Waals surface area (Å²) in [6.45, 7) is 4.07. The number of ether oxygens (including phenoxy) is 2. The monoisotopic (exact) mass is 291 g/mol. The fourth-order valence-electron chi connectivity index (χ4n) is 1.65. The maximum atomic E-state index is 11.6. The number of esters is 1. The Balaban J connectivity index is 2.71. The van der Waals surface area contributed by atoms with E-state index in [1.54, 1.807) is 24.3 Å². The second-order valence-corrected chi connectivity index (χ2v) is 4.48. The van der Waals surface area contributed by atoms with Gasteiger partial charge in [-0.05, 0) is 30.2 Å². The van der Waals surface area contributed by atoms with Crippen molar-refractivity contribution in [3.63, 3.8) is 0 Å². The summed E-state index contributed by atoms with van der Waals surface area (Å²) in [6.07, 6.45) is 5.15. The summed E-state index contributed by atoms with van der Waals surface area (Å²) in [5, 5.41) is 2.79. The van der Waals surface area contributed by atoms with E-state index in [4.69, 9.17) is 9.47 Å². The number of amides is 1. The maximum Gasteiger partial charge on any atom is 0.308 e. The van der Waals surface area contributed by atoms with Crippen LogP contribution in [0, 0.1) is 0 Å². The molecule has 1 rings (SSSR count). The molecule has 114 valence electrons. The SMILES string of the molecule is CCCCNC(=O)/C=C/c1ccc(OC(C)=O)c(OC)c1. The summed E-state index contributed by atoms with van der Waals surface area (Å²) < 4.78 is 10.2. The van der Waals surface area contributed by atoms with E-state index in [-0.39, 0.29) is 5.91 Å². The molecular weight excluding hydrogens is 270 g/mol. The third-order valence-corrected chi connectivity index (χ3v) is 2.70. The predicted molar refractivity (Wildman–Crippen MR) is 81.3 cm³/mol. The summed E-state index contributed by atoms with van der Waals surface area (Å²) in [7, 11) is 1.49. The highest BCUT2D eigenvalue weighted by molar-refractivity contribution is 5.91. The highest BCUT2D eigenvalue weighted by Crippen LogP contribution is 2.28.